The molecule has 0 unspecified atom stereocenters. The molecule has 0 aromatic heterocycles. The Kier molecular flexibility index (Phi) is 5.71. The molecular weight excluding hydrogens is 284 g/mol. The molecule has 1 saturated heterocycles. The van der Waals surface area contributed by atoms with Crippen LogP contribution in [0.5, 0.6) is 0 Å². The number of piperidine rings is 1. The van der Waals surface area contributed by atoms with Crippen molar-refractivity contribution in [3.8, 4) is 0 Å². The van der Waals surface area contributed by atoms with E-state index in [1.807, 2.05) is 12.1 Å². The highest BCUT2D eigenvalue weighted by Crippen LogP contribution is 2.19. The van der Waals surface area contributed by atoms with Gasteiger partial charge in [0.15, 0.2) is 0 Å². The predicted molar refractivity (Wildman–Crippen MR) is 94.5 cm³/mol. The van der Waals surface area contributed by atoms with Crippen molar-refractivity contribution in [1.29, 1.82) is 0 Å². The molecule has 1 atom stereocenters. The fourth-order valence-electron chi connectivity index (χ4n) is 3.97. The van der Waals surface area contributed by atoms with E-state index in [0.29, 0.717) is 6.04 Å². The van der Waals surface area contributed by atoms with Gasteiger partial charge in [0.05, 0.1) is 0 Å². The van der Waals surface area contributed by atoms with Crippen molar-refractivity contribution in [2.45, 2.75) is 64.5 Å². The molecule has 23 heavy (non-hydrogen) atoms. The minimum Gasteiger partial charge on any atom is -0.349 e. The molecule has 0 bridgehead atoms. The van der Waals surface area contributed by atoms with Crippen molar-refractivity contribution in [1.82, 2.24) is 10.2 Å². The van der Waals surface area contributed by atoms with E-state index in [1.54, 1.807) is 0 Å². The smallest absolute Gasteiger partial charge is 0.251 e. The number of nitrogens with zero attached hydrogens (tertiary/aromatic N) is 1. The zero-order chi connectivity index (χ0) is 16.1. The molecule has 0 spiro atoms. The molecule has 3 nitrogen and oxygen atoms in total. The van der Waals surface area contributed by atoms with Crippen molar-refractivity contribution in [2.75, 3.05) is 13.1 Å². The molecule has 1 aromatic carbocycles. The molecule has 2 aliphatic rings. The molecule has 1 aromatic rings. The Morgan fingerprint density at radius 1 is 1.09 bits per heavy atom. The van der Waals surface area contributed by atoms with Gasteiger partial charge in [-0.05, 0) is 55.8 Å². The van der Waals surface area contributed by atoms with Crippen LogP contribution in [0.1, 0.15) is 67.8 Å². The molecule has 1 amide bonds. The largest absolute Gasteiger partial charge is 0.349 e. The third kappa shape index (κ3) is 4.81. The highest BCUT2D eigenvalue weighted by atomic mass is 16.1. The first-order valence-electron chi connectivity index (χ1n) is 9.33. The summed E-state index contributed by atoms with van der Waals surface area (Å²) in [6.07, 6.45) is 8.75. The Balaban J connectivity index is 1.52. The number of rotatable bonds is 4. The highest BCUT2D eigenvalue weighted by Gasteiger charge is 2.18. The zero-order valence-corrected chi connectivity index (χ0v) is 14.4. The topological polar surface area (TPSA) is 32.3 Å². The van der Waals surface area contributed by atoms with Crippen LogP contribution in [0, 0.1) is 5.92 Å². The van der Waals surface area contributed by atoms with E-state index in [-0.39, 0.29) is 5.91 Å². The summed E-state index contributed by atoms with van der Waals surface area (Å²) in [5.41, 5.74) is 2.11. The zero-order valence-electron chi connectivity index (χ0n) is 14.4. The molecule has 1 aliphatic carbocycles. The van der Waals surface area contributed by atoms with Gasteiger partial charge in [0.25, 0.3) is 5.91 Å². The first kappa shape index (κ1) is 16.5. The summed E-state index contributed by atoms with van der Waals surface area (Å²) in [6, 6.07) is 8.59. The Hall–Kier alpha value is -1.35. The van der Waals surface area contributed by atoms with E-state index in [2.05, 4.69) is 29.3 Å². The fraction of sp³-hybridized carbons (Fsp3) is 0.650. The van der Waals surface area contributed by atoms with Crippen molar-refractivity contribution in [3.05, 3.63) is 35.4 Å². The van der Waals surface area contributed by atoms with E-state index >= 15 is 0 Å². The lowest BCUT2D eigenvalue weighted by molar-refractivity contribution is 0.0927. The Morgan fingerprint density at radius 2 is 1.83 bits per heavy atom. The minimum atomic E-state index is 0.0926. The molecular formula is C20H30N2O. The van der Waals surface area contributed by atoms with Gasteiger partial charge in [-0.25, -0.2) is 0 Å². The van der Waals surface area contributed by atoms with Crippen molar-refractivity contribution >= 4 is 5.91 Å². The molecule has 126 valence electrons. The lowest BCUT2D eigenvalue weighted by atomic mass is 9.95. The number of amides is 1. The van der Waals surface area contributed by atoms with Crippen LogP contribution in [-0.2, 0) is 6.54 Å². The molecule has 0 radical (unpaired) electrons. The van der Waals surface area contributed by atoms with Crippen molar-refractivity contribution in [3.63, 3.8) is 0 Å². The molecule has 3 heteroatoms. The molecule has 1 N–H and O–H groups in total. The number of hydrogen-bond acceptors (Lipinski definition) is 2. The predicted octanol–water partition coefficient (Wildman–Crippen LogP) is 3.98. The lowest BCUT2D eigenvalue weighted by Crippen LogP contribution is -2.36. The van der Waals surface area contributed by atoms with Crippen LogP contribution >= 0.6 is 0 Å². The van der Waals surface area contributed by atoms with Crippen LogP contribution in [-0.4, -0.2) is 29.9 Å². The van der Waals surface area contributed by atoms with E-state index < -0.39 is 0 Å². The maximum Gasteiger partial charge on any atom is 0.251 e. The summed E-state index contributed by atoms with van der Waals surface area (Å²) in [5, 5.41) is 3.19. The van der Waals surface area contributed by atoms with Crippen molar-refractivity contribution < 1.29 is 4.79 Å². The second-order valence-electron chi connectivity index (χ2n) is 7.49. The van der Waals surface area contributed by atoms with Crippen molar-refractivity contribution in [2.24, 2.45) is 5.92 Å². The Morgan fingerprint density at radius 3 is 2.52 bits per heavy atom. The summed E-state index contributed by atoms with van der Waals surface area (Å²) >= 11 is 0. The van der Waals surface area contributed by atoms with Crippen LogP contribution in [0.3, 0.4) is 0 Å². The van der Waals surface area contributed by atoms with E-state index in [9.17, 15) is 4.79 Å². The lowest BCUT2D eigenvalue weighted by Gasteiger charge is -2.30. The summed E-state index contributed by atoms with van der Waals surface area (Å²) in [4.78, 5) is 14.9. The first-order chi connectivity index (χ1) is 11.2. The summed E-state index contributed by atoms with van der Waals surface area (Å²) < 4.78 is 0. The van der Waals surface area contributed by atoms with Gasteiger partial charge in [0, 0.05) is 24.7 Å². The van der Waals surface area contributed by atoms with Gasteiger partial charge >= 0.3 is 0 Å². The quantitative estimate of drug-likeness (QED) is 0.911. The average molecular weight is 314 g/mol. The monoisotopic (exact) mass is 314 g/mol. The molecule has 1 saturated carbocycles. The third-order valence-corrected chi connectivity index (χ3v) is 5.30. The molecule has 3 rings (SSSR count). The second-order valence-corrected chi connectivity index (χ2v) is 7.49. The van der Waals surface area contributed by atoms with Crippen LogP contribution < -0.4 is 5.32 Å². The normalized spacial score (nSPS) is 23.6. The number of nitrogens with one attached hydrogen (secondary N) is 1. The van der Waals surface area contributed by atoms with Gasteiger partial charge in [0.2, 0.25) is 0 Å². The van der Waals surface area contributed by atoms with Crippen LogP contribution in [0.15, 0.2) is 24.3 Å². The molecule has 2 fully saturated rings. The van der Waals surface area contributed by atoms with Gasteiger partial charge < -0.3 is 5.32 Å². The Labute approximate surface area is 140 Å². The molecule has 1 aliphatic heterocycles. The van der Waals surface area contributed by atoms with E-state index in [1.165, 1.54) is 50.8 Å². The minimum absolute atomic E-state index is 0.0926. The standard InChI is InChI=1S/C20H30N2O/c1-16-6-5-13-22(14-16)15-17-9-11-18(12-10-17)20(23)21-19-7-3-2-4-8-19/h9-12,16,19H,2-8,13-15H2,1H3,(H,21,23)/t16-/m0/s1. The second kappa shape index (κ2) is 7.96. The first-order valence-corrected chi connectivity index (χ1v) is 9.33. The maximum absolute atomic E-state index is 12.3. The highest BCUT2D eigenvalue weighted by molar-refractivity contribution is 5.94. The van der Waals surface area contributed by atoms with Crippen LogP contribution in [0.2, 0.25) is 0 Å². The maximum atomic E-state index is 12.3. The number of carbonyl (C=O) groups excluding carboxylic acids is 1. The fourth-order valence-corrected chi connectivity index (χ4v) is 3.97. The van der Waals surface area contributed by atoms with Crippen LogP contribution in [0.4, 0.5) is 0 Å². The number of hydrogen-bond donors (Lipinski definition) is 1. The van der Waals surface area contributed by atoms with Crippen LogP contribution in [0.25, 0.3) is 0 Å². The van der Waals surface area contributed by atoms with Gasteiger partial charge in [-0.3, -0.25) is 9.69 Å². The van der Waals surface area contributed by atoms with Gasteiger partial charge in [0.1, 0.15) is 0 Å². The van der Waals surface area contributed by atoms with Gasteiger partial charge in [-0.15, -0.1) is 0 Å². The summed E-state index contributed by atoms with van der Waals surface area (Å²) in [6.45, 7) is 5.75. The van der Waals surface area contributed by atoms with Gasteiger partial charge in [-0.2, -0.15) is 0 Å². The summed E-state index contributed by atoms with van der Waals surface area (Å²) in [5.74, 6) is 0.902. The number of carbonyl (C=O) groups is 1. The summed E-state index contributed by atoms with van der Waals surface area (Å²) in [7, 11) is 0. The number of likely N-dealkylation sites (tertiary alicyclic amines) is 1. The Bertz CT molecular complexity index is 505. The SMILES string of the molecule is C[C@H]1CCCN(Cc2ccc(C(=O)NC3CCCCC3)cc2)C1. The number of benzene rings is 1. The molecule has 1 heterocycles. The average Bonchev–Trinajstić information content (AvgIpc) is 2.56. The third-order valence-electron chi connectivity index (χ3n) is 5.30. The van der Waals surface area contributed by atoms with E-state index in [0.717, 1.165) is 30.9 Å². The van der Waals surface area contributed by atoms with Gasteiger partial charge in [-0.1, -0.05) is 38.3 Å². The van der Waals surface area contributed by atoms with E-state index in [4.69, 9.17) is 0 Å².